The lowest BCUT2D eigenvalue weighted by Gasteiger charge is -2.23. The van der Waals surface area contributed by atoms with Gasteiger partial charge < -0.3 is 10.2 Å². The van der Waals surface area contributed by atoms with Crippen LogP contribution in [0.3, 0.4) is 0 Å². The van der Waals surface area contributed by atoms with Gasteiger partial charge in [-0.3, -0.25) is 9.69 Å². The molecular weight excluding hydrogens is 226 g/mol. The molecule has 3 aliphatic rings. The summed E-state index contributed by atoms with van der Waals surface area (Å²) in [5, 5.41) is 3.42. The van der Waals surface area contributed by atoms with Crippen molar-refractivity contribution < 1.29 is 4.79 Å². The first-order chi connectivity index (χ1) is 8.83. The van der Waals surface area contributed by atoms with E-state index in [9.17, 15) is 4.79 Å². The van der Waals surface area contributed by atoms with Gasteiger partial charge in [-0.25, -0.2) is 0 Å². The number of rotatable bonds is 5. The third kappa shape index (κ3) is 3.04. The summed E-state index contributed by atoms with van der Waals surface area (Å²) < 4.78 is 0. The van der Waals surface area contributed by atoms with Gasteiger partial charge in [0.15, 0.2) is 0 Å². The van der Waals surface area contributed by atoms with E-state index in [0.717, 1.165) is 19.6 Å². The standard InChI is InChI=1S/C14H25N3O/c18-14(5-7-15-12-3-4-12)17-10-6-13(11-17)16-8-1-2-9-16/h12-13,15H,1-11H2. The number of carbonyl (C=O) groups is 1. The first-order valence-corrected chi connectivity index (χ1v) is 7.58. The minimum atomic E-state index is 0.352. The number of nitrogens with one attached hydrogen (secondary N) is 1. The Kier molecular flexibility index (Phi) is 3.85. The van der Waals surface area contributed by atoms with Crippen LogP contribution in [0.15, 0.2) is 0 Å². The average Bonchev–Trinajstić information content (AvgIpc) is 2.87. The molecule has 1 atom stereocenters. The summed E-state index contributed by atoms with van der Waals surface area (Å²) in [6.45, 7) is 5.31. The van der Waals surface area contributed by atoms with Crippen LogP contribution >= 0.6 is 0 Å². The third-order valence-electron chi connectivity index (χ3n) is 4.52. The number of hydrogen-bond donors (Lipinski definition) is 1. The van der Waals surface area contributed by atoms with Gasteiger partial charge in [-0.15, -0.1) is 0 Å². The largest absolute Gasteiger partial charge is 0.341 e. The number of hydrogen-bond acceptors (Lipinski definition) is 3. The van der Waals surface area contributed by atoms with E-state index in [2.05, 4.69) is 15.1 Å². The minimum absolute atomic E-state index is 0.352. The Labute approximate surface area is 110 Å². The van der Waals surface area contributed by atoms with Gasteiger partial charge in [0.25, 0.3) is 0 Å². The summed E-state index contributed by atoms with van der Waals surface area (Å²) in [4.78, 5) is 16.7. The van der Waals surface area contributed by atoms with E-state index < -0.39 is 0 Å². The molecule has 4 nitrogen and oxygen atoms in total. The summed E-state index contributed by atoms with van der Waals surface area (Å²) in [5.74, 6) is 0.352. The highest BCUT2D eigenvalue weighted by Crippen LogP contribution is 2.21. The van der Waals surface area contributed by atoms with Gasteiger partial charge in [0.05, 0.1) is 0 Å². The molecule has 0 bridgehead atoms. The molecule has 3 fully saturated rings. The SMILES string of the molecule is O=C(CCNC1CC1)N1CCC(N2CCCC2)C1. The van der Waals surface area contributed by atoms with Crippen LogP contribution in [0.4, 0.5) is 0 Å². The highest BCUT2D eigenvalue weighted by Gasteiger charge is 2.31. The highest BCUT2D eigenvalue weighted by molar-refractivity contribution is 5.76. The molecule has 0 aromatic heterocycles. The first kappa shape index (κ1) is 12.4. The molecule has 1 amide bonds. The maximum atomic E-state index is 12.1. The molecule has 0 aromatic rings. The molecule has 0 radical (unpaired) electrons. The zero-order chi connectivity index (χ0) is 12.4. The van der Waals surface area contributed by atoms with Crippen LogP contribution in [-0.4, -0.2) is 60.5 Å². The summed E-state index contributed by atoms with van der Waals surface area (Å²) in [7, 11) is 0. The molecule has 3 rings (SSSR count). The Bertz CT molecular complexity index is 297. The molecule has 0 aromatic carbocycles. The quantitative estimate of drug-likeness (QED) is 0.786. The van der Waals surface area contributed by atoms with Crippen molar-refractivity contribution in [3.63, 3.8) is 0 Å². The molecule has 2 aliphatic heterocycles. The molecule has 2 heterocycles. The number of carbonyl (C=O) groups excluding carboxylic acids is 1. The molecule has 1 unspecified atom stereocenters. The van der Waals surface area contributed by atoms with Gasteiger partial charge in [-0.2, -0.15) is 0 Å². The van der Waals surface area contributed by atoms with E-state index in [0.29, 0.717) is 24.4 Å². The summed E-state index contributed by atoms with van der Waals surface area (Å²) in [6, 6.07) is 1.36. The first-order valence-electron chi connectivity index (χ1n) is 7.58. The zero-order valence-corrected chi connectivity index (χ0v) is 11.2. The topological polar surface area (TPSA) is 35.6 Å². The molecule has 1 aliphatic carbocycles. The van der Waals surface area contributed by atoms with E-state index in [1.807, 2.05) is 0 Å². The van der Waals surface area contributed by atoms with Crippen molar-refractivity contribution in [3.8, 4) is 0 Å². The Morgan fingerprint density at radius 1 is 1.11 bits per heavy atom. The van der Waals surface area contributed by atoms with E-state index in [-0.39, 0.29) is 0 Å². The molecule has 4 heteroatoms. The van der Waals surface area contributed by atoms with Crippen LogP contribution in [0.25, 0.3) is 0 Å². The van der Waals surface area contributed by atoms with Gasteiger partial charge in [0.1, 0.15) is 0 Å². The highest BCUT2D eigenvalue weighted by atomic mass is 16.2. The normalized spacial score (nSPS) is 29.1. The maximum absolute atomic E-state index is 12.1. The summed E-state index contributed by atoms with van der Waals surface area (Å²) >= 11 is 0. The lowest BCUT2D eigenvalue weighted by atomic mass is 10.2. The fraction of sp³-hybridized carbons (Fsp3) is 0.929. The number of nitrogens with zero attached hydrogens (tertiary/aromatic N) is 2. The lowest BCUT2D eigenvalue weighted by molar-refractivity contribution is -0.130. The second kappa shape index (κ2) is 5.57. The molecule has 1 N–H and O–H groups in total. The molecular formula is C14H25N3O. The van der Waals surface area contributed by atoms with Crippen molar-refractivity contribution in [2.75, 3.05) is 32.7 Å². The predicted molar refractivity (Wildman–Crippen MR) is 71.4 cm³/mol. The fourth-order valence-electron chi connectivity index (χ4n) is 3.20. The fourth-order valence-corrected chi connectivity index (χ4v) is 3.20. The van der Waals surface area contributed by atoms with Crippen molar-refractivity contribution in [3.05, 3.63) is 0 Å². The Hall–Kier alpha value is -0.610. The Balaban J connectivity index is 1.38. The van der Waals surface area contributed by atoms with Crippen molar-refractivity contribution in [1.29, 1.82) is 0 Å². The minimum Gasteiger partial charge on any atom is -0.341 e. The Morgan fingerprint density at radius 2 is 1.89 bits per heavy atom. The van der Waals surface area contributed by atoms with E-state index >= 15 is 0 Å². The molecule has 0 spiro atoms. The van der Waals surface area contributed by atoms with Crippen LogP contribution < -0.4 is 5.32 Å². The van der Waals surface area contributed by atoms with Crippen molar-refractivity contribution >= 4 is 5.91 Å². The van der Waals surface area contributed by atoms with Crippen LogP contribution in [-0.2, 0) is 4.79 Å². The molecule has 18 heavy (non-hydrogen) atoms. The zero-order valence-electron chi connectivity index (χ0n) is 11.2. The van der Waals surface area contributed by atoms with Crippen molar-refractivity contribution in [2.24, 2.45) is 0 Å². The van der Waals surface area contributed by atoms with E-state index in [4.69, 9.17) is 0 Å². The molecule has 2 saturated heterocycles. The van der Waals surface area contributed by atoms with Gasteiger partial charge in [-0.1, -0.05) is 0 Å². The lowest BCUT2D eigenvalue weighted by Crippen LogP contribution is -2.37. The Morgan fingerprint density at radius 3 is 2.61 bits per heavy atom. The van der Waals surface area contributed by atoms with E-state index in [1.54, 1.807) is 0 Å². The predicted octanol–water partition coefficient (Wildman–Crippen LogP) is 0.825. The van der Waals surface area contributed by atoms with Crippen LogP contribution in [0.1, 0.15) is 38.5 Å². The number of likely N-dealkylation sites (tertiary alicyclic amines) is 2. The maximum Gasteiger partial charge on any atom is 0.223 e. The van der Waals surface area contributed by atoms with Gasteiger partial charge in [0.2, 0.25) is 5.91 Å². The second-order valence-corrected chi connectivity index (χ2v) is 6.00. The van der Waals surface area contributed by atoms with Crippen LogP contribution in [0, 0.1) is 0 Å². The van der Waals surface area contributed by atoms with Gasteiger partial charge in [-0.05, 0) is 45.2 Å². The van der Waals surface area contributed by atoms with Gasteiger partial charge >= 0.3 is 0 Å². The van der Waals surface area contributed by atoms with Crippen molar-refractivity contribution in [2.45, 2.75) is 50.6 Å². The molecule has 102 valence electrons. The average molecular weight is 251 g/mol. The van der Waals surface area contributed by atoms with Crippen LogP contribution in [0.2, 0.25) is 0 Å². The van der Waals surface area contributed by atoms with Crippen molar-refractivity contribution in [1.82, 2.24) is 15.1 Å². The monoisotopic (exact) mass is 251 g/mol. The summed E-state index contributed by atoms with van der Waals surface area (Å²) in [5.41, 5.74) is 0. The van der Waals surface area contributed by atoms with Gasteiger partial charge in [0, 0.05) is 38.1 Å². The second-order valence-electron chi connectivity index (χ2n) is 6.00. The molecule has 1 saturated carbocycles. The number of amides is 1. The third-order valence-corrected chi connectivity index (χ3v) is 4.52. The van der Waals surface area contributed by atoms with E-state index in [1.165, 1.54) is 45.2 Å². The smallest absolute Gasteiger partial charge is 0.223 e. The summed E-state index contributed by atoms with van der Waals surface area (Å²) in [6.07, 6.45) is 7.15. The van der Waals surface area contributed by atoms with Crippen LogP contribution in [0.5, 0.6) is 0 Å².